The van der Waals surface area contributed by atoms with Crippen molar-refractivity contribution in [3.63, 3.8) is 0 Å². The second kappa shape index (κ2) is 7.14. The number of benzene rings is 2. The molecule has 0 amide bonds. The molecule has 2 aromatic carbocycles. The lowest BCUT2D eigenvalue weighted by atomic mass is 9.94. The molecule has 0 heterocycles. The minimum Gasteiger partial charge on any atom is -0.306 e. The van der Waals surface area contributed by atoms with Crippen molar-refractivity contribution in [3.05, 3.63) is 69.2 Å². The third-order valence-corrected chi connectivity index (χ3v) is 4.10. The minimum absolute atomic E-state index is 0.0967. The maximum atomic E-state index is 13.3. The van der Waals surface area contributed by atoms with Gasteiger partial charge in [0.15, 0.2) is 0 Å². The van der Waals surface area contributed by atoms with Gasteiger partial charge in [0.1, 0.15) is 11.6 Å². The Morgan fingerprint density at radius 3 is 2.24 bits per heavy atom. The maximum Gasteiger partial charge on any atom is 0.124 e. The van der Waals surface area contributed by atoms with Crippen molar-refractivity contribution in [2.75, 3.05) is 6.54 Å². The molecule has 0 aromatic heterocycles. The molecule has 0 aliphatic heterocycles. The predicted octanol–water partition coefficient (Wildman–Crippen LogP) is 5.12. The largest absolute Gasteiger partial charge is 0.306 e. The highest BCUT2D eigenvalue weighted by molar-refractivity contribution is 9.10. The van der Waals surface area contributed by atoms with Gasteiger partial charge in [-0.2, -0.15) is 0 Å². The summed E-state index contributed by atoms with van der Waals surface area (Å²) < 4.78 is 27.3. The van der Waals surface area contributed by atoms with Crippen molar-refractivity contribution in [1.82, 2.24) is 5.32 Å². The van der Waals surface area contributed by atoms with E-state index in [2.05, 4.69) is 28.2 Å². The maximum absolute atomic E-state index is 13.3. The van der Waals surface area contributed by atoms with E-state index in [-0.39, 0.29) is 17.7 Å². The number of hydrogen-bond acceptors (Lipinski definition) is 1. The molecule has 0 bridgehead atoms. The molecule has 1 N–H and O–H groups in total. The molecule has 0 spiro atoms. The van der Waals surface area contributed by atoms with E-state index in [9.17, 15) is 8.78 Å². The number of aryl methyl sites for hydroxylation is 1. The van der Waals surface area contributed by atoms with Gasteiger partial charge in [0.05, 0.1) is 6.04 Å². The van der Waals surface area contributed by atoms with Crippen molar-refractivity contribution < 1.29 is 8.78 Å². The van der Waals surface area contributed by atoms with Gasteiger partial charge in [-0.1, -0.05) is 35.0 Å². The molecule has 1 atom stereocenters. The van der Waals surface area contributed by atoms with E-state index in [1.165, 1.54) is 24.3 Å². The number of halogens is 3. The molecule has 4 heteroatoms. The Morgan fingerprint density at radius 1 is 1.05 bits per heavy atom. The summed E-state index contributed by atoms with van der Waals surface area (Å²) in [7, 11) is 0. The van der Waals surface area contributed by atoms with Gasteiger partial charge in [0, 0.05) is 4.47 Å². The number of rotatable bonds is 5. The van der Waals surface area contributed by atoms with Crippen LogP contribution in [0, 0.1) is 18.6 Å². The van der Waals surface area contributed by atoms with Gasteiger partial charge in [0.25, 0.3) is 0 Å². The smallest absolute Gasteiger partial charge is 0.124 e. The van der Waals surface area contributed by atoms with Crippen LogP contribution in [-0.4, -0.2) is 6.54 Å². The first kappa shape index (κ1) is 16.1. The highest BCUT2D eigenvalue weighted by Crippen LogP contribution is 2.31. The van der Waals surface area contributed by atoms with E-state index in [1.54, 1.807) is 12.1 Å². The van der Waals surface area contributed by atoms with Crippen LogP contribution in [-0.2, 0) is 0 Å². The molecule has 0 fully saturated rings. The third kappa shape index (κ3) is 3.89. The topological polar surface area (TPSA) is 12.0 Å². The summed E-state index contributed by atoms with van der Waals surface area (Å²) in [5.41, 5.74) is 2.82. The quantitative estimate of drug-likeness (QED) is 0.785. The molecule has 112 valence electrons. The van der Waals surface area contributed by atoms with Crippen molar-refractivity contribution in [2.24, 2.45) is 0 Å². The van der Waals surface area contributed by atoms with Gasteiger partial charge in [-0.25, -0.2) is 8.78 Å². The second-order valence-corrected chi connectivity index (χ2v) is 5.91. The predicted molar refractivity (Wildman–Crippen MR) is 85.4 cm³/mol. The van der Waals surface area contributed by atoms with Gasteiger partial charge >= 0.3 is 0 Å². The third-order valence-electron chi connectivity index (χ3n) is 3.41. The molecule has 0 saturated heterocycles. The van der Waals surface area contributed by atoms with Gasteiger partial charge in [-0.05, 0) is 60.8 Å². The Kier molecular flexibility index (Phi) is 5.48. The van der Waals surface area contributed by atoms with Crippen molar-refractivity contribution >= 4 is 15.9 Å². The van der Waals surface area contributed by atoms with Crippen LogP contribution >= 0.6 is 15.9 Å². The Balaban J connectivity index is 2.46. The Bertz CT molecular complexity index is 577. The van der Waals surface area contributed by atoms with Crippen LogP contribution in [0.2, 0.25) is 0 Å². The van der Waals surface area contributed by atoms with Crippen molar-refractivity contribution in [1.29, 1.82) is 0 Å². The lowest BCUT2D eigenvalue weighted by Crippen LogP contribution is -2.24. The fraction of sp³-hybridized carbons (Fsp3) is 0.294. The summed E-state index contributed by atoms with van der Waals surface area (Å²) >= 11 is 3.42. The molecule has 0 aliphatic carbocycles. The standard InChI is InChI=1S/C17H18BrF2N/c1-3-8-21-17(14-6-4-12(19)9-11(14)2)15-7-5-13(20)10-16(15)18/h4-7,9-10,17,21H,3,8H2,1-2H3. The zero-order valence-electron chi connectivity index (χ0n) is 12.1. The Hall–Kier alpha value is -1.26. The SMILES string of the molecule is CCCNC(c1ccc(F)cc1C)c1ccc(F)cc1Br. The Morgan fingerprint density at radius 2 is 1.67 bits per heavy atom. The molecule has 1 nitrogen and oxygen atoms in total. The number of hydrogen-bond donors (Lipinski definition) is 1. The molecule has 21 heavy (non-hydrogen) atoms. The summed E-state index contributed by atoms with van der Waals surface area (Å²) in [5.74, 6) is -0.528. The van der Waals surface area contributed by atoms with Gasteiger partial charge in [-0.15, -0.1) is 0 Å². The van der Waals surface area contributed by atoms with Crippen molar-refractivity contribution in [3.8, 4) is 0 Å². The van der Waals surface area contributed by atoms with Crippen LogP contribution in [0.3, 0.4) is 0 Å². The van der Waals surface area contributed by atoms with Gasteiger partial charge in [0.2, 0.25) is 0 Å². The minimum atomic E-state index is -0.282. The first-order chi connectivity index (χ1) is 10.0. The average Bonchev–Trinajstić information content (AvgIpc) is 2.42. The molecule has 1 unspecified atom stereocenters. The monoisotopic (exact) mass is 353 g/mol. The second-order valence-electron chi connectivity index (χ2n) is 5.05. The van der Waals surface area contributed by atoms with Crippen LogP contribution in [0.4, 0.5) is 8.78 Å². The Labute approximate surface area is 132 Å². The summed E-state index contributed by atoms with van der Waals surface area (Å²) in [5, 5.41) is 3.45. The number of nitrogens with one attached hydrogen (secondary N) is 1. The summed E-state index contributed by atoms with van der Waals surface area (Å²) in [4.78, 5) is 0. The molecular weight excluding hydrogens is 336 g/mol. The summed E-state index contributed by atoms with van der Waals surface area (Å²) in [6.07, 6.45) is 0.982. The van der Waals surface area contributed by atoms with E-state index in [0.29, 0.717) is 4.47 Å². The van der Waals surface area contributed by atoms with Crippen molar-refractivity contribution in [2.45, 2.75) is 26.3 Å². The van der Waals surface area contributed by atoms with E-state index in [0.717, 1.165) is 29.7 Å². The van der Waals surface area contributed by atoms with Crippen LogP contribution in [0.15, 0.2) is 40.9 Å². The van der Waals surface area contributed by atoms with E-state index < -0.39 is 0 Å². The fourth-order valence-corrected chi connectivity index (χ4v) is 2.95. The van der Waals surface area contributed by atoms with E-state index >= 15 is 0 Å². The van der Waals surface area contributed by atoms with E-state index in [1.807, 2.05) is 6.92 Å². The zero-order chi connectivity index (χ0) is 15.4. The summed E-state index contributed by atoms with van der Waals surface area (Å²) in [6, 6.07) is 9.33. The van der Waals surface area contributed by atoms with Crippen LogP contribution in [0.25, 0.3) is 0 Å². The first-order valence-corrected chi connectivity index (χ1v) is 7.76. The molecule has 0 saturated carbocycles. The fourth-order valence-electron chi connectivity index (χ4n) is 2.37. The first-order valence-electron chi connectivity index (χ1n) is 6.97. The molecule has 0 radical (unpaired) electrons. The van der Waals surface area contributed by atoms with Crippen LogP contribution in [0.1, 0.15) is 36.1 Å². The van der Waals surface area contributed by atoms with Crippen LogP contribution in [0.5, 0.6) is 0 Å². The van der Waals surface area contributed by atoms with E-state index in [4.69, 9.17) is 0 Å². The normalized spacial score (nSPS) is 12.4. The lowest BCUT2D eigenvalue weighted by molar-refractivity contribution is 0.584. The molecule has 2 rings (SSSR count). The highest BCUT2D eigenvalue weighted by Gasteiger charge is 2.18. The average molecular weight is 354 g/mol. The molecule has 0 aliphatic rings. The molecular formula is C17H18BrF2N. The molecule has 2 aromatic rings. The zero-order valence-corrected chi connectivity index (χ0v) is 13.7. The van der Waals surface area contributed by atoms with Crippen LogP contribution < -0.4 is 5.32 Å². The summed E-state index contributed by atoms with van der Waals surface area (Å²) in [6.45, 7) is 4.79. The van der Waals surface area contributed by atoms with Gasteiger partial charge in [-0.3, -0.25) is 0 Å². The van der Waals surface area contributed by atoms with Gasteiger partial charge < -0.3 is 5.32 Å². The highest BCUT2D eigenvalue weighted by atomic mass is 79.9. The lowest BCUT2D eigenvalue weighted by Gasteiger charge is -2.22.